The molecule has 0 aliphatic carbocycles. The Bertz CT molecular complexity index is 568. The van der Waals surface area contributed by atoms with E-state index in [4.69, 9.17) is 4.52 Å². The maximum Gasteiger partial charge on any atom is 0.156 e. The Morgan fingerprint density at radius 3 is 2.81 bits per heavy atom. The molecule has 0 spiro atoms. The second-order valence-corrected chi connectivity index (χ2v) is 5.31. The zero-order valence-electron chi connectivity index (χ0n) is 12.8. The van der Waals surface area contributed by atoms with Crippen molar-refractivity contribution in [2.45, 2.75) is 39.9 Å². The molecule has 0 unspecified atom stereocenters. The molecule has 0 aliphatic rings. The Morgan fingerprint density at radius 1 is 1.33 bits per heavy atom. The smallest absolute Gasteiger partial charge is 0.156 e. The summed E-state index contributed by atoms with van der Waals surface area (Å²) in [5.41, 5.74) is 1.73. The first-order valence-corrected chi connectivity index (χ1v) is 7.27. The topological polar surface area (TPSA) is 41.3 Å². The molecule has 4 nitrogen and oxygen atoms in total. The largest absolute Gasteiger partial charge is 0.364 e. The third-order valence-electron chi connectivity index (χ3n) is 3.20. The lowest BCUT2D eigenvalue weighted by Gasteiger charge is -2.21. The molecule has 1 N–H and O–H groups in total. The van der Waals surface area contributed by atoms with Crippen molar-refractivity contribution < 1.29 is 8.91 Å². The fraction of sp³-hybridized carbons (Fsp3) is 0.438. The van der Waals surface area contributed by atoms with E-state index in [1.54, 1.807) is 6.07 Å². The molecule has 0 bridgehead atoms. The molecule has 2 rings (SSSR count). The maximum absolute atomic E-state index is 13.3. The Balaban J connectivity index is 2.02. The Kier molecular flexibility index (Phi) is 5.33. The van der Waals surface area contributed by atoms with Gasteiger partial charge >= 0.3 is 0 Å². The minimum atomic E-state index is -0.231. The van der Waals surface area contributed by atoms with Gasteiger partial charge in [0.25, 0.3) is 0 Å². The van der Waals surface area contributed by atoms with Crippen LogP contribution in [0.15, 0.2) is 34.9 Å². The molecular formula is C16H22FN3O. The summed E-state index contributed by atoms with van der Waals surface area (Å²) in [6.07, 6.45) is 0. The number of hydrogen-bond acceptors (Lipinski definition) is 4. The third kappa shape index (κ3) is 4.56. The highest BCUT2D eigenvalue weighted by molar-refractivity contribution is 5.46. The van der Waals surface area contributed by atoms with Gasteiger partial charge in [0, 0.05) is 30.9 Å². The van der Waals surface area contributed by atoms with E-state index in [0.29, 0.717) is 19.1 Å². The molecule has 0 saturated carbocycles. The average Bonchev–Trinajstić information content (AvgIpc) is 2.90. The van der Waals surface area contributed by atoms with E-state index in [1.807, 2.05) is 24.0 Å². The molecule has 21 heavy (non-hydrogen) atoms. The molecule has 0 amide bonds. The lowest BCUT2D eigenvalue weighted by atomic mass is 10.2. The van der Waals surface area contributed by atoms with E-state index in [2.05, 4.69) is 24.3 Å². The molecule has 0 atom stereocenters. The van der Waals surface area contributed by atoms with Crippen LogP contribution < -0.4 is 10.2 Å². The number of rotatable bonds is 7. The van der Waals surface area contributed by atoms with Crippen molar-refractivity contribution in [3.63, 3.8) is 0 Å². The van der Waals surface area contributed by atoms with Crippen LogP contribution in [-0.4, -0.2) is 17.7 Å². The summed E-state index contributed by atoms with van der Waals surface area (Å²) >= 11 is 0. The zero-order valence-corrected chi connectivity index (χ0v) is 12.8. The normalized spacial score (nSPS) is 11.1. The van der Waals surface area contributed by atoms with Crippen LogP contribution in [0.4, 0.5) is 10.1 Å². The second-order valence-electron chi connectivity index (χ2n) is 5.31. The van der Waals surface area contributed by atoms with E-state index in [1.165, 1.54) is 12.1 Å². The molecule has 0 aliphatic heterocycles. The van der Waals surface area contributed by atoms with Crippen LogP contribution >= 0.6 is 0 Å². The third-order valence-corrected chi connectivity index (χ3v) is 3.20. The fourth-order valence-corrected chi connectivity index (χ4v) is 2.07. The van der Waals surface area contributed by atoms with E-state index < -0.39 is 0 Å². The van der Waals surface area contributed by atoms with Crippen molar-refractivity contribution in [2.75, 3.05) is 11.4 Å². The summed E-state index contributed by atoms with van der Waals surface area (Å²) in [5, 5.41) is 7.34. The van der Waals surface area contributed by atoms with Crippen LogP contribution in [0.2, 0.25) is 0 Å². The molecule has 5 heteroatoms. The van der Waals surface area contributed by atoms with E-state index >= 15 is 0 Å². The molecule has 1 aromatic carbocycles. The van der Waals surface area contributed by atoms with Crippen LogP contribution in [0.3, 0.4) is 0 Å². The Morgan fingerprint density at radius 2 is 2.14 bits per heavy atom. The van der Waals surface area contributed by atoms with Crippen molar-refractivity contribution in [2.24, 2.45) is 0 Å². The standard InChI is InChI=1S/C16H22FN3O/c1-4-20(15-7-5-6-13(17)8-15)11-16-9-14(19-21-16)10-18-12(2)3/h5-9,12,18H,4,10-11H2,1-3H3. The molecule has 2 aromatic rings. The lowest BCUT2D eigenvalue weighted by Crippen LogP contribution is -2.22. The van der Waals surface area contributed by atoms with Crippen molar-refractivity contribution in [3.8, 4) is 0 Å². The summed E-state index contributed by atoms with van der Waals surface area (Å²) in [7, 11) is 0. The number of benzene rings is 1. The lowest BCUT2D eigenvalue weighted by molar-refractivity contribution is 0.372. The van der Waals surface area contributed by atoms with Crippen molar-refractivity contribution in [3.05, 3.63) is 47.6 Å². The van der Waals surface area contributed by atoms with E-state index in [9.17, 15) is 4.39 Å². The fourth-order valence-electron chi connectivity index (χ4n) is 2.07. The van der Waals surface area contributed by atoms with Crippen LogP contribution in [0.1, 0.15) is 32.2 Å². The highest BCUT2D eigenvalue weighted by Crippen LogP contribution is 2.18. The van der Waals surface area contributed by atoms with Gasteiger partial charge in [-0.2, -0.15) is 0 Å². The number of hydrogen-bond donors (Lipinski definition) is 1. The number of nitrogens with one attached hydrogen (secondary N) is 1. The summed E-state index contributed by atoms with van der Waals surface area (Å²) in [5.74, 6) is 0.548. The maximum atomic E-state index is 13.3. The van der Waals surface area contributed by atoms with Crippen LogP contribution in [0.5, 0.6) is 0 Å². The minimum Gasteiger partial charge on any atom is -0.364 e. The van der Waals surface area contributed by atoms with Gasteiger partial charge in [0.2, 0.25) is 0 Å². The Hall–Kier alpha value is -1.88. The van der Waals surface area contributed by atoms with Gasteiger partial charge in [-0.1, -0.05) is 25.1 Å². The van der Waals surface area contributed by atoms with Gasteiger partial charge < -0.3 is 14.7 Å². The second kappa shape index (κ2) is 7.22. The molecular weight excluding hydrogens is 269 g/mol. The van der Waals surface area contributed by atoms with Crippen molar-refractivity contribution in [1.29, 1.82) is 0 Å². The number of aromatic nitrogens is 1. The molecule has 1 heterocycles. The van der Waals surface area contributed by atoms with Gasteiger partial charge in [0.1, 0.15) is 5.82 Å². The summed E-state index contributed by atoms with van der Waals surface area (Å²) < 4.78 is 18.7. The predicted octanol–water partition coefficient (Wildman–Crippen LogP) is 3.34. The Labute approximate surface area is 124 Å². The highest BCUT2D eigenvalue weighted by atomic mass is 19.1. The molecule has 1 aromatic heterocycles. The zero-order chi connectivity index (χ0) is 15.2. The van der Waals surface area contributed by atoms with E-state index in [0.717, 1.165) is 23.7 Å². The van der Waals surface area contributed by atoms with Gasteiger partial charge in [-0.15, -0.1) is 0 Å². The first-order valence-electron chi connectivity index (χ1n) is 7.27. The van der Waals surface area contributed by atoms with Crippen LogP contribution in [-0.2, 0) is 13.1 Å². The van der Waals surface area contributed by atoms with Gasteiger partial charge in [-0.05, 0) is 25.1 Å². The highest BCUT2D eigenvalue weighted by Gasteiger charge is 2.11. The first kappa shape index (κ1) is 15.5. The SMILES string of the molecule is CCN(Cc1cc(CNC(C)C)no1)c1cccc(F)c1. The number of halogens is 1. The first-order chi connectivity index (χ1) is 10.1. The number of anilines is 1. The number of nitrogens with zero attached hydrogens (tertiary/aromatic N) is 2. The van der Waals surface area contributed by atoms with Crippen molar-refractivity contribution in [1.82, 2.24) is 10.5 Å². The minimum absolute atomic E-state index is 0.231. The molecule has 114 valence electrons. The quantitative estimate of drug-likeness (QED) is 0.849. The van der Waals surface area contributed by atoms with Crippen molar-refractivity contribution >= 4 is 5.69 Å². The molecule has 0 fully saturated rings. The van der Waals surface area contributed by atoms with Crippen LogP contribution in [0.25, 0.3) is 0 Å². The van der Waals surface area contributed by atoms with E-state index in [-0.39, 0.29) is 5.82 Å². The van der Waals surface area contributed by atoms with Gasteiger partial charge in [0.05, 0.1) is 12.2 Å². The summed E-state index contributed by atoms with van der Waals surface area (Å²) in [6, 6.07) is 8.93. The van der Waals surface area contributed by atoms with Gasteiger partial charge in [-0.25, -0.2) is 4.39 Å². The average molecular weight is 291 g/mol. The van der Waals surface area contributed by atoms with Gasteiger partial charge in [0.15, 0.2) is 5.76 Å². The summed E-state index contributed by atoms with van der Waals surface area (Å²) in [4.78, 5) is 2.04. The molecule has 0 saturated heterocycles. The monoisotopic (exact) mass is 291 g/mol. The molecule has 0 radical (unpaired) electrons. The van der Waals surface area contributed by atoms with Gasteiger partial charge in [-0.3, -0.25) is 0 Å². The van der Waals surface area contributed by atoms with Crippen LogP contribution in [0, 0.1) is 5.82 Å². The summed E-state index contributed by atoms with van der Waals surface area (Å²) in [6.45, 7) is 8.24. The predicted molar refractivity (Wildman–Crippen MR) is 81.6 cm³/mol.